The molecule has 5 nitrogen and oxygen atoms in total. The van der Waals surface area contributed by atoms with E-state index in [4.69, 9.17) is 15.7 Å². The molecule has 2 rings (SSSR count). The second kappa shape index (κ2) is 6.04. The average Bonchev–Trinajstić information content (AvgIpc) is 2.45. The standard InChI is InChI=1S/C16H21N3O2/c1-16(2,11-17)7-3-4-8-19-13-6-5-12(18)9-14(13)21-10-15(19)20/h5-6,9H,3-4,7-8,10,18H2,1-2H3. The van der Waals surface area contributed by atoms with Crippen LogP contribution in [0.2, 0.25) is 0 Å². The third-order valence-corrected chi connectivity index (χ3v) is 3.66. The summed E-state index contributed by atoms with van der Waals surface area (Å²) in [7, 11) is 0. The summed E-state index contributed by atoms with van der Waals surface area (Å²) >= 11 is 0. The number of nitrogen functional groups attached to an aromatic ring is 1. The number of carbonyl (C=O) groups excluding carboxylic acids is 1. The maximum Gasteiger partial charge on any atom is 0.265 e. The molecule has 1 aliphatic rings. The highest BCUT2D eigenvalue weighted by Crippen LogP contribution is 2.34. The van der Waals surface area contributed by atoms with E-state index in [9.17, 15) is 4.79 Å². The number of nitrogens with zero attached hydrogens (tertiary/aromatic N) is 2. The second-order valence-electron chi connectivity index (χ2n) is 6.01. The molecule has 1 aliphatic heterocycles. The molecule has 0 fully saturated rings. The number of benzene rings is 1. The van der Waals surface area contributed by atoms with Gasteiger partial charge in [-0.05, 0) is 38.8 Å². The lowest BCUT2D eigenvalue weighted by molar-refractivity contribution is -0.121. The third-order valence-electron chi connectivity index (χ3n) is 3.66. The summed E-state index contributed by atoms with van der Waals surface area (Å²) in [5, 5.41) is 9.00. The van der Waals surface area contributed by atoms with Crippen molar-refractivity contribution in [2.75, 3.05) is 23.8 Å². The van der Waals surface area contributed by atoms with Crippen LogP contribution in [-0.4, -0.2) is 19.1 Å². The number of fused-ring (bicyclic) bond motifs is 1. The highest BCUT2D eigenvalue weighted by molar-refractivity contribution is 5.98. The Kier molecular flexibility index (Phi) is 4.37. The summed E-state index contributed by atoms with van der Waals surface area (Å²) in [6, 6.07) is 7.63. The van der Waals surface area contributed by atoms with Gasteiger partial charge in [0.05, 0.1) is 17.2 Å². The molecule has 1 amide bonds. The van der Waals surface area contributed by atoms with Gasteiger partial charge in [-0.3, -0.25) is 4.79 Å². The van der Waals surface area contributed by atoms with Crippen LogP contribution in [0.5, 0.6) is 5.75 Å². The van der Waals surface area contributed by atoms with E-state index in [0.29, 0.717) is 18.0 Å². The molecule has 21 heavy (non-hydrogen) atoms. The number of amides is 1. The van der Waals surface area contributed by atoms with Crippen molar-refractivity contribution in [3.63, 3.8) is 0 Å². The number of rotatable bonds is 5. The minimum atomic E-state index is -0.304. The summed E-state index contributed by atoms with van der Waals surface area (Å²) in [6.45, 7) is 4.57. The zero-order valence-electron chi connectivity index (χ0n) is 12.6. The summed E-state index contributed by atoms with van der Waals surface area (Å²) < 4.78 is 5.41. The molecule has 2 N–H and O–H groups in total. The zero-order chi connectivity index (χ0) is 15.5. The maximum atomic E-state index is 12.0. The van der Waals surface area contributed by atoms with E-state index >= 15 is 0 Å². The molecule has 0 aromatic heterocycles. The van der Waals surface area contributed by atoms with Crippen molar-refractivity contribution in [3.8, 4) is 11.8 Å². The number of unbranched alkanes of at least 4 members (excludes halogenated alkanes) is 1. The lowest BCUT2D eigenvalue weighted by Gasteiger charge is -2.29. The van der Waals surface area contributed by atoms with E-state index in [-0.39, 0.29) is 17.9 Å². The zero-order valence-corrected chi connectivity index (χ0v) is 12.6. The first kappa shape index (κ1) is 15.2. The summed E-state index contributed by atoms with van der Waals surface area (Å²) in [5.74, 6) is 0.624. The second-order valence-corrected chi connectivity index (χ2v) is 6.01. The topological polar surface area (TPSA) is 79.3 Å². The van der Waals surface area contributed by atoms with Crippen LogP contribution in [0.15, 0.2) is 18.2 Å². The van der Waals surface area contributed by atoms with E-state index in [1.54, 1.807) is 17.0 Å². The molecule has 112 valence electrons. The van der Waals surface area contributed by atoms with Crippen LogP contribution >= 0.6 is 0 Å². The molecule has 0 saturated heterocycles. The van der Waals surface area contributed by atoms with Crippen LogP contribution in [0.4, 0.5) is 11.4 Å². The molecule has 0 radical (unpaired) electrons. The lowest BCUT2D eigenvalue weighted by atomic mass is 9.89. The van der Waals surface area contributed by atoms with Crippen molar-refractivity contribution in [1.82, 2.24) is 0 Å². The van der Waals surface area contributed by atoms with Crippen molar-refractivity contribution in [3.05, 3.63) is 18.2 Å². The van der Waals surface area contributed by atoms with Crippen LogP contribution < -0.4 is 15.4 Å². The molecule has 0 bridgehead atoms. The Labute approximate surface area is 125 Å². The predicted molar refractivity (Wildman–Crippen MR) is 81.9 cm³/mol. The summed E-state index contributed by atoms with van der Waals surface area (Å²) in [4.78, 5) is 13.8. The van der Waals surface area contributed by atoms with E-state index in [1.807, 2.05) is 19.9 Å². The van der Waals surface area contributed by atoms with Gasteiger partial charge in [0.2, 0.25) is 0 Å². The van der Waals surface area contributed by atoms with Crippen molar-refractivity contribution < 1.29 is 9.53 Å². The van der Waals surface area contributed by atoms with Crippen molar-refractivity contribution in [2.24, 2.45) is 5.41 Å². The fourth-order valence-corrected chi connectivity index (χ4v) is 2.36. The quantitative estimate of drug-likeness (QED) is 0.667. The predicted octanol–water partition coefficient (Wildman–Crippen LogP) is 2.71. The number of carbonyl (C=O) groups is 1. The van der Waals surface area contributed by atoms with Gasteiger partial charge in [-0.2, -0.15) is 5.26 Å². The Morgan fingerprint density at radius 3 is 2.90 bits per heavy atom. The van der Waals surface area contributed by atoms with Gasteiger partial charge >= 0.3 is 0 Å². The third kappa shape index (κ3) is 3.66. The molecule has 0 spiro atoms. The molecule has 1 heterocycles. The van der Waals surface area contributed by atoms with E-state index in [2.05, 4.69) is 6.07 Å². The fourth-order valence-electron chi connectivity index (χ4n) is 2.36. The van der Waals surface area contributed by atoms with E-state index in [1.165, 1.54) is 0 Å². The van der Waals surface area contributed by atoms with Crippen molar-refractivity contribution >= 4 is 17.3 Å². The maximum absolute atomic E-state index is 12.0. The Balaban J connectivity index is 1.98. The smallest absolute Gasteiger partial charge is 0.265 e. The van der Waals surface area contributed by atoms with Gasteiger partial charge in [0.1, 0.15) is 5.75 Å². The van der Waals surface area contributed by atoms with Gasteiger partial charge in [-0.15, -0.1) is 0 Å². The first-order chi connectivity index (χ1) is 9.93. The lowest BCUT2D eigenvalue weighted by Crippen LogP contribution is -2.39. The van der Waals surface area contributed by atoms with E-state index in [0.717, 1.165) is 24.9 Å². The molecule has 5 heteroatoms. The molecular weight excluding hydrogens is 266 g/mol. The average molecular weight is 287 g/mol. The molecule has 1 aromatic rings. The molecule has 0 aliphatic carbocycles. The minimum absolute atomic E-state index is 0.0354. The molecule has 1 aromatic carbocycles. The van der Waals surface area contributed by atoms with Gasteiger partial charge in [-0.1, -0.05) is 6.42 Å². The molecule has 0 unspecified atom stereocenters. The molecule has 0 saturated carbocycles. The first-order valence-electron chi connectivity index (χ1n) is 7.17. The van der Waals surface area contributed by atoms with Crippen LogP contribution in [0.25, 0.3) is 0 Å². The Morgan fingerprint density at radius 1 is 1.43 bits per heavy atom. The van der Waals surface area contributed by atoms with E-state index < -0.39 is 0 Å². The van der Waals surface area contributed by atoms with Gasteiger partial charge in [0.25, 0.3) is 5.91 Å². The number of hydrogen-bond acceptors (Lipinski definition) is 4. The van der Waals surface area contributed by atoms with Crippen LogP contribution in [0.3, 0.4) is 0 Å². The number of nitriles is 1. The molecule has 0 atom stereocenters. The van der Waals surface area contributed by atoms with Crippen molar-refractivity contribution in [2.45, 2.75) is 33.1 Å². The summed E-state index contributed by atoms with van der Waals surface area (Å²) in [5.41, 5.74) is 6.83. The number of anilines is 2. The fraction of sp³-hybridized carbons (Fsp3) is 0.500. The number of hydrogen-bond donors (Lipinski definition) is 1. The van der Waals surface area contributed by atoms with Gasteiger partial charge < -0.3 is 15.4 Å². The number of ether oxygens (including phenoxy) is 1. The number of nitrogens with two attached hydrogens (primary N) is 1. The van der Waals surface area contributed by atoms with Gasteiger partial charge in [0, 0.05) is 18.3 Å². The first-order valence-corrected chi connectivity index (χ1v) is 7.17. The minimum Gasteiger partial charge on any atom is -0.481 e. The van der Waals surface area contributed by atoms with Crippen LogP contribution in [0, 0.1) is 16.7 Å². The Bertz CT molecular complexity index is 575. The van der Waals surface area contributed by atoms with Crippen molar-refractivity contribution in [1.29, 1.82) is 5.26 Å². The largest absolute Gasteiger partial charge is 0.481 e. The monoisotopic (exact) mass is 287 g/mol. The Morgan fingerprint density at radius 2 is 2.19 bits per heavy atom. The molecular formula is C16H21N3O2. The van der Waals surface area contributed by atoms with Crippen LogP contribution in [-0.2, 0) is 4.79 Å². The van der Waals surface area contributed by atoms with Gasteiger partial charge in [-0.25, -0.2) is 0 Å². The highest BCUT2D eigenvalue weighted by Gasteiger charge is 2.25. The van der Waals surface area contributed by atoms with Gasteiger partial charge in [0.15, 0.2) is 6.61 Å². The van der Waals surface area contributed by atoms with Crippen LogP contribution in [0.1, 0.15) is 33.1 Å². The Hall–Kier alpha value is -2.22. The normalized spacial score (nSPS) is 14.3. The SMILES string of the molecule is CC(C)(C#N)CCCCN1C(=O)COc2cc(N)ccc21. The highest BCUT2D eigenvalue weighted by atomic mass is 16.5. The summed E-state index contributed by atoms with van der Waals surface area (Å²) in [6.07, 6.45) is 2.60.